The Kier molecular flexibility index (Phi) is 4.43. The SMILES string of the molecule is O=C(Cn1cc(C2CC2)nn1)N1CCOC(c2ccc(F)c(Cl)c2)C1. The van der Waals surface area contributed by atoms with Crippen LogP contribution in [0.4, 0.5) is 4.39 Å². The highest BCUT2D eigenvalue weighted by molar-refractivity contribution is 6.30. The van der Waals surface area contributed by atoms with E-state index in [1.54, 1.807) is 21.7 Å². The van der Waals surface area contributed by atoms with E-state index in [1.165, 1.54) is 6.07 Å². The van der Waals surface area contributed by atoms with Gasteiger partial charge in [-0.2, -0.15) is 0 Å². The molecule has 4 rings (SSSR count). The summed E-state index contributed by atoms with van der Waals surface area (Å²) in [4.78, 5) is 14.3. The molecule has 132 valence electrons. The Labute approximate surface area is 149 Å². The third-order valence-electron chi connectivity index (χ3n) is 4.58. The molecule has 1 unspecified atom stereocenters. The number of nitrogens with zero attached hydrogens (tertiary/aromatic N) is 4. The monoisotopic (exact) mass is 364 g/mol. The smallest absolute Gasteiger partial charge is 0.244 e. The van der Waals surface area contributed by atoms with Gasteiger partial charge in [-0.05, 0) is 30.5 Å². The summed E-state index contributed by atoms with van der Waals surface area (Å²) >= 11 is 5.84. The zero-order valence-corrected chi connectivity index (χ0v) is 14.3. The highest BCUT2D eigenvalue weighted by atomic mass is 35.5. The highest BCUT2D eigenvalue weighted by Gasteiger charge is 2.28. The molecule has 1 atom stereocenters. The van der Waals surface area contributed by atoms with Crippen LogP contribution >= 0.6 is 11.6 Å². The van der Waals surface area contributed by atoms with E-state index in [9.17, 15) is 9.18 Å². The minimum atomic E-state index is -0.466. The normalized spacial score (nSPS) is 20.7. The number of carbonyl (C=O) groups is 1. The van der Waals surface area contributed by atoms with Crippen molar-refractivity contribution >= 4 is 17.5 Å². The number of halogens is 2. The summed E-state index contributed by atoms with van der Waals surface area (Å²) in [7, 11) is 0. The molecule has 1 aromatic carbocycles. The number of amides is 1. The van der Waals surface area contributed by atoms with Gasteiger partial charge in [0.1, 0.15) is 18.5 Å². The minimum absolute atomic E-state index is 0.0336. The van der Waals surface area contributed by atoms with Crippen LogP contribution in [0.3, 0.4) is 0 Å². The van der Waals surface area contributed by atoms with Crippen LogP contribution in [-0.4, -0.2) is 45.5 Å². The van der Waals surface area contributed by atoms with Crippen molar-refractivity contribution in [2.45, 2.75) is 31.4 Å². The fourth-order valence-corrected chi connectivity index (χ4v) is 3.17. The van der Waals surface area contributed by atoms with Crippen molar-refractivity contribution in [3.63, 3.8) is 0 Å². The summed E-state index contributed by atoms with van der Waals surface area (Å²) in [5, 5.41) is 8.22. The molecule has 2 aliphatic rings. The molecular formula is C17H18ClFN4O2. The number of morpholine rings is 1. The lowest BCUT2D eigenvalue weighted by atomic mass is 10.1. The van der Waals surface area contributed by atoms with Gasteiger partial charge in [0.2, 0.25) is 5.91 Å². The number of hydrogen-bond acceptors (Lipinski definition) is 4. The molecule has 0 N–H and O–H groups in total. The molecule has 1 saturated heterocycles. The van der Waals surface area contributed by atoms with Crippen molar-refractivity contribution in [1.29, 1.82) is 0 Å². The van der Waals surface area contributed by atoms with E-state index in [2.05, 4.69) is 10.3 Å². The lowest BCUT2D eigenvalue weighted by Crippen LogP contribution is -2.43. The molecule has 0 spiro atoms. The Hall–Kier alpha value is -1.99. The van der Waals surface area contributed by atoms with Crippen LogP contribution < -0.4 is 0 Å². The van der Waals surface area contributed by atoms with Gasteiger partial charge in [-0.3, -0.25) is 4.79 Å². The summed E-state index contributed by atoms with van der Waals surface area (Å²) in [6.45, 7) is 1.52. The van der Waals surface area contributed by atoms with Crippen molar-refractivity contribution < 1.29 is 13.9 Å². The number of aromatic nitrogens is 3. The molecule has 1 aliphatic carbocycles. The van der Waals surface area contributed by atoms with Crippen LogP contribution in [0.15, 0.2) is 24.4 Å². The molecule has 25 heavy (non-hydrogen) atoms. The summed E-state index contributed by atoms with van der Waals surface area (Å²) in [6.07, 6.45) is 3.84. The lowest BCUT2D eigenvalue weighted by Gasteiger charge is -2.33. The fraction of sp³-hybridized carbons (Fsp3) is 0.471. The average molecular weight is 365 g/mol. The van der Waals surface area contributed by atoms with Gasteiger partial charge in [-0.15, -0.1) is 5.10 Å². The van der Waals surface area contributed by atoms with Gasteiger partial charge >= 0.3 is 0 Å². The van der Waals surface area contributed by atoms with Crippen LogP contribution in [0.1, 0.15) is 36.1 Å². The minimum Gasteiger partial charge on any atom is -0.370 e. The van der Waals surface area contributed by atoms with E-state index in [4.69, 9.17) is 16.3 Å². The van der Waals surface area contributed by atoms with Crippen LogP contribution in [0.25, 0.3) is 0 Å². The van der Waals surface area contributed by atoms with Crippen LogP contribution in [-0.2, 0) is 16.1 Å². The topological polar surface area (TPSA) is 60.2 Å². The van der Waals surface area contributed by atoms with E-state index in [0.29, 0.717) is 25.6 Å². The van der Waals surface area contributed by atoms with E-state index in [-0.39, 0.29) is 23.6 Å². The van der Waals surface area contributed by atoms with Crippen LogP contribution in [0.2, 0.25) is 5.02 Å². The molecule has 1 amide bonds. The second kappa shape index (κ2) is 6.72. The van der Waals surface area contributed by atoms with E-state index in [0.717, 1.165) is 24.1 Å². The Morgan fingerprint density at radius 1 is 1.40 bits per heavy atom. The first kappa shape index (κ1) is 16.5. The number of carbonyl (C=O) groups excluding carboxylic acids is 1. The second-order valence-electron chi connectivity index (χ2n) is 6.49. The molecule has 2 fully saturated rings. The summed E-state index contributed by atoms with van der Waals surface area (Å²) in [6, 6.07) is 4.50. The lowest BCUT2D eigenvalue weighted by molar-refractivity contribution is -0.139. The van der Waals surface area contributed by atoms with Crippen molar-refractivity contribution in [2.75, 3.05) is 19.7 Å². The van der Waals surface area contributed by atoms with Gasteiger partial charge in [0.25, 0.3) is 0 Å². The number of ether oxygens (including phenoxy) is 1. The molecule has 2 heterocycles. The molecule has 0 radical (unpaired) electrons. The number of hydrogen-bond donors (Lipinski definition) is 0. The van der Waals surface area contributed by atoms with E-state index >= 15 is 0 Å². The third kappa shape index (κ3) is 3.67. The molecule has 2 aromatic rings. The average Bonchev–Trinajstić information content (AvgIpc) is 3.37. The summed E-state index contributed by atoms with van der Waals surface area (Å²) in [5.41, 5.74) is 1.73. The first-order valence-corrected chi connectivity index (χ1v) is 8.72. The third-order valence-corrected chi connectivity index (χ3v) is 4.87. The molecule has 6 nitrogen and oxygen atoms in total. The molecule has 1 saturated carbocycles. The Bertz CT molecular complexity index is 793. The highest BCUT2D eigenvalue weighted by Crippen LogP contribution is 2.38. The first-order valence-electron chi connectivity index (χ1n) is 8.34. The van der Waals surface area contributed by atoms with Crippen molar-refractivity contribution in [3.8, 4) is 0 Å². The Morgan fingerprint density at radius 3 is 3.00 bits per heavy atom. The second-order valence-corrected chi connectivity index (χ2v) is 6.90. The van der Waals surface area contributed by atoms with Gasteiger partial charge < -0.3 is 9.64 Å². The molecule has 1 aromatic heterocycles. The molecular weight excluding hydrogens is 347 g/mol. The standard InChI is InChI=1S/C17H18ClFN4O2/c18-13-7-12(3-4-14(13)19)16-9-22(5-6-25-16)17(24)10-23-8-15(20-21-23)11-1-2-11/h3-4,7-8,11,16H,1-2,5-6,9-10H2. The van der Waals surface area contributed by atoms with Crippen molar-refractivity contribution in [3.05, 3.63) is 46.5 Å². The quantitative estimate of drug-likeness (QED) is 0.836. The predicted octanol–water partition coefficient (Wildman–Crippen LogP) is 2.55. The predicted molar refractivity (Wildman–Crippen MR) is 88.7 cm³/mol. The van der Waals surface area contributed by atoms with Crippen molar-refractivity contribution in [1.82, 2.24) is 19.9 Å². The molecule has 1 aliphatic heterocycles. The largest absolute Gasteiger partial charge is 0.370 e. The Morgan fingerprint density at radius 2 is 2.24 bits per heavy atom. The van der Waals surface area contributed by atoms with Gasteiger partial charge in [0, 0.05) is 18.7 Å². The molecule has 0 bridgehead atoms. The summed E-state index contributed by atoms with van der Waals surface area (Å²) < 4.78 is 20.6. The first-order chi connectivity index (χ1) is 12.1. The maximum absolute atomic E-state index is 13.3. The van der Waals surface area contributed by atoms with Gasteiger partial charge in [0.15, 0.2) is 0 Å². The van der Waals surface area contributed by atoms with Crippen LogP contribution in [0.5, 0.6) is 0 Å². The van der Waals surface area contributed by atoms with E-state index < -0.39 is 5.82 Å². The zero-order valence-electron chi connectivity index (χ0n) is 13.6. The maximum Gasteiger partial charge on any atom is 0.244 e. The molecule has 8 heteroatoms. The van der Waals surface area contributed by atoms with E-state index in [1.807, 2.05) is 6.20 Å². The van der Waals surface area contributed by atoms with Gasteiger partial charge in [-0.1, -0.05) is 22.9 Å². The van der Waals surface area contributed by atoms with Gasteiger partial charge in [-0.25, -0.2) is 9.07 Å². The van der Waals surface area contributed by atoms with Gasteiger partial charge in [0.05, 0.1) is 23.9 Å². The number of benzene rings is 1. The zero-order chi connectivity index (χ0) is 17.4. The van der Waals surface area contributed by atoms with Crippen LogP contribution in [0, 0.1) is 5.82 Å². The maximum atomic E-state index is 13.3. The Balaban J connectivity index is 1.40. The summed E-state index contributed by atoms with van der Waals surface area (Å²) in [5.74, 6) is 0.0143. The fourth-order valence-electron chi connectivity index (χ4n) is 2.99. The van der Waals surface area contributed by atoms with Crippen molar-refractivity contribution in [2.24, 2.45) is 0 Å². The number of rotatable bonds is 4.